The molecule has 0 N–H and O–H groups in total. The molecule has 0 unspecified atom stereocenters. The normalized spacial score (nSPS) is 13.7. The Morgan fingerprint density at radius 3 is 1.83 bits per heavy atom. The van der Waals surface area contributed by atoms with E-state index in [0.717, 1.165) is 47.8 Å². The molecule has 11 rings (SSSR count). The van der Waals surface area contributed by atoms with Gasteiger partial charge in [-0.25, -0.2) is 9.97 Å². The Morgan fingerprint density at radius 2 is 1.09 bits per heavy atom. The Bertz CT molecular complexity index is 2730. The molecule has 2 aliphatic rings. The van der Waals surface area contributed by atoms with Crippen molar-refractivity contribution in [2.24, 2.45) is 0 Å². The number of rotatable bonds is 3. The molecule has 0 radical (unpaired) electrons. The second-order valence-electron chi connectivity index (χ2n) is 12.9. The molecule has 2 aliphatic carbocycles. The fourth-order valence-corrected chi connectivity index (χ4v) is 8.03. The summed E-state index contributed by atoms with van der Waals surface area (Å²) in [5.41, 5.74) is 14.9. The zero-order valence-corrected chi connectivity index (χ0v) is 25.2. The third-order valence-electron chi connectivity index (χ3n) is 10.5. The highest BCUT2D eigenvalue weighted by molar-refractivity contribution is 6.26. The van der Waals surface area contributed by atoms with Crippen LogP contribution >= 0.6 is 0 Å². The van der Waals surface area contributed by atoms with Gasteiger partial charge in [-0.2, -0.15) is 0 Å². The van der Waals surface area contributed by atoms with Gasteiger partial charge in [0.05, 0.1) is 33.3 Å². The minimum absolute atomic E-state index is 0.717. The van der Waals surface area contributed by atoms with Crippen molar-refractivity contribution in [1.29, 1.82) is 0 Å². The molecule has 0 bridgehead atoms. The summed E-state index contributed by atoms with van der Waals surface area (Å²) in [6, 6.07) is 44.2. The summed E-state index contributed by atoms with van der Waals surface area (Å²) < 4.78 is 4.83. The molecule has 0 spiro atoms. The van der Waals surface area contributed by atoms with Gasteiger partial charge in [0.2, 0.25) is 5.95 Å². The van der Waals surface area contributed by atoms with Crippen molar-refractivity contribution in [3.63, 3.8) is 0 Å². The number of nitrogens with zero attached hydrogens (tertiary/aromatic N) is 4. The maximum Gasteiger partial charge on any atom is 0.235 e. The Balaban J connectivity index is 1.35. The predicted octanol–water partition coefficient (Wildman–Crippen LogP) is 9.69. The van der Waals surface area contributed by atoms with Crippen LogP contribution in [0.15, 0.2) is 121 Å². The van der Waals surface area contributed by atoms with Crippen LogP contribution in [-0.4, -0.2) is 19.1 Å². The van der Waals surface area contributed by atoms with Gasteiger partial charge in [0.25, 0.3) is 0 Å². The lowest BCUT2D eigenvalue weighted by molar-refractivity contribution is 0.842. The number of hydrogen-bond acceptors (Lipinski definition) is 2. The van der Waals surface area contributed by atoms with E-state index in [1.807, 2.05) is 0 Å². The van der Waals surface area contributed by atoms with E-state index in [0.29, 0.717) is 5.95 Å². The Labute approximate surface area is 265 Å². The van der Waals surface area contributed by atoms with Gasteiger partial charge in [-0.15, -0.1) is 0 Å². The second kappa shape index (κ2) is 8.92. The van der Waals surface area contributed by atoms with Crippen LogP contribution in [0.5, 0.6) is 0 Å². The highest BCUT2D eigenvalue weighted by Crippen LogP contribution is 2.45. The average molecular weight is 589 g/mol. The predicted molar refractivity (Wildman–Crippen MR) is 188 cm³/mol. The smallest absolute Gasteiger partial charge is 0.235 e. The third-order valence-corrected chi connectivity index (χ3v) is 10.5. The van der Waals surface area contributed by atoms with E-state index in [1.165, 1.54) is 71.6 Å². The molecule has 0 amide bonds. The Hall–Kier alpha value is -5.74. The van der Waals surface area contributed by atoms with Crippen molar-refractivity contribution in [2.45, 2.75) is 25.7 Å². The molecule has 4 nitrogen and oxygen atoms in total. The van der Waals surface area contributed by atoms with Gasteiger partial charge >= 0.3 is 0 Å². The summed E-state index contributed by atoms with van der Waals surface area (Å²) in [5, 5.41) is 6.16. The number of hydrogen-bond donors (Lipinski definition) is 0. The fourth-order valence-electron chi connectivity index (χ4n) is 8.03. The molecule has 0 aliphatic heterocycles. The molecule has 3 aromatic heterocycles. The average Bonchev–Trinajstić information content (AvgIpc) is 3.58. The highest BCUT2D eigenvalue weighted by atomic mass is 15.2. The third kappa shape index (κ3) is 3.23. The molecule has 0 atom stereocenters. The first kappa shape index (κ1) is 24.6. The van der Waals surface area contributed by atoms with Crippen LogP contribution in [0.2, 0.25) is 0 Å². The lowest BCUT2D eigenvalue weighted by Gasteiger charge is -2.19. The van der Waals surface area contributed by atoms with Crippen molar-refractivity contribution in [3.8, 4) is 22.9 Å². The molecule has 9 aromatic rings. The fraction of sp³-hybridized carbons (Fsp3) is 0.0952. The molecule has 0 saturated heterocycles. The van der Waals surface area contributed by atoms with E-state index in [4.69, 9.17) is 9.97 Å². The number of aryl methyl sites for hydroxylation is 4. The zero-order valence-electron chi connectivity index (χ0n) is 25.2. The van der Waals surface area contributed by atoms with Gasteiger partial charge in [-0.1, -0.05) is 72.8 Å². The largest absolute Gasteiger partial charge is 0.309 e. The summed E-state index contributed by atoms with van der Waals surface area (Å²) in [6.45, 7) is 0. The van der Waals surface area contributed by atoms with Crippen molar-refractivity contribution in [2.75, 3.05) is 0 Å². The minimum atomic E-state index is 0.717. The number of para-hydroxylation sites is 2. The summed E-state index contributed by atoms with van der Waals surface area (Å²) in [7, 11) is 0. The maximum absolute atomic E-state index is 5.42. The van der Waals surface area contributed by atoms with Gasteiger partial charge in [-0.3, -0.25) is 4.57 Å². The van der Waals surface area contributed by atoms with E-state index in [9.17, 15) is 0 Å². The van der Waals surface area contributed by atoms with Crippen LogP contribution in [-0.2, 0) is 25.7 Å². The van der Waals surface area contributed by atoms with Crippen LogP contribution in [0.3, 0.4) is 0 Å². The van der Waals surface area contributed by atoms with Gasteiger partial charge in [0.1, 0.15) is 0 Å². The van der Waals surface area contributed by atoms with Crippen molar-refractivity contribution >= 4 is 54.5 Å². The van der Waals surface area contributed by atoms with Crippen LogP contribution in [0.25, 0.3) is 77.4 Å². The van der Waals surface area contributed by atoms with Crippen molar-refractivity contribution < 1.29 is 0 Å². The van der Waals surface area contributed by atoms with Crippen molar-refractivity contribution in [3.05, 3.63) is 144 Å². The maximum atomic E-state index is 5.42. The zero-order chi connectivity index (χ0) is 29.9. The van der Waals surface area contributed by atoms with Crippen molar-refractivity contribution in [1.82, 2.24) is 19.1 Å². The first-order valence-corrected chi connectivity index (χ1v) is 16.3. The first-order chi connectivity index (χ1) is 22.8. The van der Waals surface area contributed by atoms with Crippen LogP contribution in [0.4, 0.5) is 0 Å². The van der Waals surface area contributed by atoms with E-state index in [2.05, 4.69) is 130 Å². The Morgan fingerprint density at radius 1 is 0.457 bits per heavy atom. The van der Waals surface area contributed by atoms with E-state index in [1.54, 1.807) is 0 Å². The van der Waals surface area contributed by atoms with Crippen LogP contribution < -0.4 is 0 Å². The minimum Gasteiger partial charge on any atom is -0.309 e. The monoisotopic (exact) mass is 588 g/mol. The molecule has 0 fully saturated rings. The number of fused-ring (bicyclic) bond motifs is 10. The Kier molecular flexibility index (Phi) is 4.76. The van der Waals surface area contributed by atoms with Gasteiger partial charge < -0.3 is 4.57 Å². The molecule has 3 heterocycles. The molecular formula is C42H28N4. The van der Waals surface area contributed by atoms with Crippen LogP contribution in [0, 0.1) is 0 Å². The lowest BCUT2D eigenvalue weighted by atomic mass is 9.87. The number of benzene rings is 6. The first-order valence-electron chi connectivity index (χ1n) is 16.3. The molecular weight excluding hydrogens is 560 g/mol. The highest BCUT2D eigenvalue weighted by Gasteiger charge is 2.26. The lowest BCUT2D eigenvalue weighted by Crippen LogP contribution is -2.09. The summed E-state index contributed by atoms with van der Waals surface area (Å²) in [6.07, 6.45) is 4.55. The summed E-state index contributed by atoms with van der Waals surface area (Å²) in [5.74, 6) is 0.717. The topological polar surface area (TPSA) is 35.6 Å². The van der Waals surface area contributed by atoms with E-state index < -0.39 is 0 Å². The van der Waals surface area contributed by atoms with E-state index in [-0.39, 0.29) is 0 Å². The molecule has 216 valence electrons. The van der Waals surface area contributed by atoms with Crippen LogP contribution in [0.1, 0.15) is 22.3 Å². The summed E-state index contributed by atoms with van der Waals surface area (Å²) >= 11 is 0. The summed E-state index contributed by atoms with van der Waals surface area (Å²) in [4.78, 5) is 10.7. The van der Waals surface area contributed by atoms with Gasteiger partial charge in [-0.05, 0) is 96.5 Å². The molecule has 0 saturated carbocycles. The molecule has 6 aromatic carbocycles. The van der Waals surface area contributed by atoms with Gasteiger partial charge in [0.15, 0.2) is 0 Å². The number of aromatic nitrogens is 4. The SMILES string of the molecule is c1ccc(-c2nc(-n3c4cc5c(cc4c4ccc6c(c7cc8c(cc7n6-c6ccccc6)CC8)c43)CC5)nc3ccccc23)cc1. The molecule has 4 heteroatoms. The molecule has 46 heavy (non-hydrogen) atoms. The second-order valence-corrected chi connectivity index (χ2v) is 12.9. The van der Waals surface area contributed by atoms with E-state index >= 15 is 0 Å². The quantitative estimate of drug-likeness (QED) is 0.206. The standard InChI is InChI=1S/C42H28N4/c1-3-9-25(10-4-1)40-32-13-7-8-14-35(32)43-42(44-40)46-37-23-28-17-15-26(28)21-33(37)31-19-20-36-39(41(31)46)34-22-27-16-18-29(27)24-38(34)45(36)30-11-5-2-6-12-30/h1-14,19-24H,15-18H2. The van der Waals surface area contributed by atoms with Gasteiger partial charge in [0, 0.05) is 38.2 Å².